The van der Waals surface area contributed by atoms with Crippen LogP contribution in [0.15, 0.2) is 18.3 Å². The lowest BCUT2D eigenvalue weighted by Gasteiger charge is -2.07. The summed E-state index contributed by atoms with van der Waals surface area (Å²) < 4.78 is 5.46. The maximum atomic E-state index is 5.46. The number of nitrogens with one attached hydrogen (secondary N) is 2. The molecule has 0 aromatic carbocycles. The first-order valence-electron chi connectivity index (χ1n) is 6.10. The molecule has 2 heterocycles. The van der Waals surface area contributed by atoms with Crippen LogP contribution >= 0.6 is 0 Å². The average Bonchev–Trinajstić information content (AvgIpc) is 2.90. The van der Waals surface area contributed by atoms with Crippen LogP contribution in [-0.2, 0) is 0 Å². The highest BCUT2D eigenvalue weighted by Crippen LogP contribution is 2.16. The fourth-order valence-electron chi connectivity index (χ4n) is 1.44. The molecule has 0 saturated carbocycles. The van der Waals surface area contributed by atoms with Gasteiger partial charge in [-0.15, -0.1) is 0 Å². The molecule has 0 bridgehead atoms. The molecule has 2 aromatic heterocycles. The van der Waals surface area contributed by atoms with Gasteiger partial charge >= 0.3 is 6.01 Å². The van der Waals surface area contributed by atoms with Gasteiger partial charge in [0.05, 0.1) is 12.3 Å². The van der Waals surface area contributed by atoms with E-state index in [1.807, 2.05) is 32.2 Å². The Morgan fingerprint density at radius 3 is 2.83 bits per heavy atom. The minimum absolute atomic E-state index is 0.354. The van der Waals surface area contributed by atoms with Gasteiger partial charge in [-0.05, 0) is 25.5 Å². The van der Waals surface area contributed by atoms with Gasteiger partial charge in [0.25, 0.3) is 0 Å². The standard InChI is InChI=1S/C12H17N5O/c1-3-8-18-12-16-10(9-6-5-7-14-9)15-11(17-12)13-4-2/h5-7,14H,3-4,8H2,1-2H3,(H,13,15,16,17). The van der Waals surface area contributed by atoms with Gasteiger partial charge < -0.3 is 15.0 Å². The van der Waals surface area contributed by atoms with Crippen LogP contribution in [0, 0.1) is 0 Å². The first kappa shape index (κ1) is 12.3. The molecule has 0 unspecified atom stereocenters. The molecule has 2 rings (SSSR count). The Hall–Kier alpha value is -2.11. The van der Waals surface area contributed by atoms with Crippen LogP contribution in [0.3, 0.4) is 0 Å². The summed E-state index contributed by atoms with van der Waals surface area (Å²) in [6.45, 7) is 5.38. The lowest BCUT2D eigenvalue weighted by molar-refractivity contribution is 0.292. The molecule has 0 aliphatic carbocycles. The number of anilines is 1. The Labute approximate surface area is 106 Å². The Balaban J connectivity index is 2.30. The van der Waals surface area contributed by atoms with Gasteiger partial charge in [0.2, 0.25) is 5.95 Å². The molecule has 0 aliphatic rings. The molecule has 2 N–H and O–H groups in total. The summed E-state index contributed by atoms with van der Waals surface area (Å²) in [6, 6.07) is 4.17. The Bertz CT molecular complexity index is 483. The van der Waals surface area contributed by atoms with E-state index < -0.39 is 0 Å². The fourth-order valence-corrected chi connectivity index (χ4v) is 1.44. The van der Waals surface area contributed by atoms with Crippen molar-refractivity contribution in [3.63, 3.8) is 0 Å². The summed E-state index contributed by atoms with van der Waals surface area (Å²) in [7, 11) is 0. The van der Waals surface area contributed by atoms with Gasteiger partial charge in [0.1, 0.15) is 0 Å². The zero-order chi connectivity index (χ0) is 12.8. The zero-order valence-electron chi connectivity index (χ0n) is 10.6. The van der Waals surface area contributed by atoms with E-state index in [9.17, 15) is 0 Å². The molecule has 0 radical (unpaired) electrons. The van der Waals surface area contributed by atoms with E-state index in [2.05, 4.69) is 25.3 Å². The number of hydrogen-bond donors (Lipinski definition) is 2. The van der Waals surface area contributed by atoms with Gasteiger partial charge in [-0.1, -0.05) is 6.92 Å². The van der Waals surface area contributed by atoms with Crippen LogP contribution in [0.5, 0.6) is 6.01 Å². The highest BCUT2D eigenvalue weighted by molar-refractivity contribution is 5.51. The van der Waals surface area contributed by atoms with Gasteiger partial charge in [0.15, 0.2) is 5.82 Å². The number of hydrogen-bond acceptors (Lipinski definition) is 5. The Kier molecular flexibility index (Phi) is 4.11. The molecule has 0 fully saturated rings. The number of ether oxygens (including phenoxy) is 1. The molecule has 0 amide bonds. The first-order chi connectivity index (χ1) is 8.83. The predicted molar refractivity (Wildman–Crippen MR) is 69.6 cm³/mol. The van der Waals surface area contributed by atoms with Crippen molar-refractivity contribution in [2.24, 2.45) is 0 Å². The summed E-state index contributed by atoms with van der Waals surface area (Å²) in [5, 5.41) is 3.07. The second-order valence-corrected chi connectivity index (χ2v) is 3.73. The molecular formula is C12H17N5O. The van der Waals surface area contributed by atoms with Crippen molar-refractivity contribution in [3.8, 4) is 17.5 Å². The quantitative estimate of drug-likeness (QED) is 0.817. The Morgan fingerprint density at radius 2 is 2.17 bits per heavy atom. The van der Waals surface area contributed by atoms with Crippen LogP contribution in [0.1, 0.15) is 20.3 Å². The third kappa shape index (κ3) is 2.97. The average molecular weight is 247 g/mol. The molecule has 96 valence electrons. The Morgan fingerprint density at radius 1 is 1.28 bits per heavy atom. The number of H-pyrrole nitrogens is 1. The normalized spacial score (nSPS) is 10.3. The second-order valence-electron chi connectivity index (χ2n) is 3.73. The zero-order valence-corrected chi connectivity index (χ0v) is 10.6. The van der Waals surface area contributed by atoms with E-state index in [4.69, 9.17) is 4.74 Å². The van der Waals surface area contributed by atoms with Gasteiger partial charge in [0, 0.05) is 12.7 Å². The van der Waals surface area contributed by atoms with Crippen LogP contribution in [-0.4, -0.2) is 33.1 Å². The maximum absolute atomic E-state index is 5.46. The minimum Gasteiger partial charge on any atom is -0.463 e. The molecule has 6 nitrogen and oxygen atoms in total. The number of rotatable bonds is 6. The van der Waals surface area contributed by atoms with E-state index in [1.165, 1.54) is 0 Å². The van der Waals surface area contributed by atoms with Crippen molar-refractivity contribution >= 4 is 5.95 Å². The minimum atomic E-state index is 0.354. The summed E-state index contributed by atoms with van der Waals surface area (Å²) in [5.74, 6) is 1.11. The van der Waals surface area contributed by atoms with E-state index >= 15 is 0 Å². The molecule has 2 aromatic rings. The van der Waals surface area contributed by atoms with E-state index in [1.54, 1.807) is 0 Å². The lowest BCUT2D eigenvalue weighted by Crippen LogP contribution is -2.08. The highest BCUT2D eigenvalue weighted by Gasteiger charge is 2.09. The highest BCUT2D eigenvalue weighted by atomic mass is 16.5. The largest absolute Gasteiger partial charge is 0.463 e. The molecule has 18 heavy (non-hydrogen) atoms. The molecule has 0 spiro atoms. The second kappa shape index (κ2) is 6.00. The third-order valence-electron chi connectivity index (χ3n) is 2.22. The van der Waals surface area contributed by atoms with Crippen molar-refractivity contribution in [2.45, 2.75) is 20.3 Å². The number of aromatic amines is 1. The number of nitrogens with zero attached hydrogens (tertiary/aromatic N) is 3. The summed E-state index contributed by atoms with van der Waals surface area (Å²) in [6.07, 6.45) is 2.75. The van der Waals surface area contributed by atoms with Crippen molar-refractivity contribution in [1.82, 2.24) is 19.9 Å². The van der Waals surface area contributed by atoms with Crippen molar-refractivity contribution < 1.29 is 4.74 Å². The van der Waals surface area contributed by atoms with Crippen LogP contribution in [0.25, 0.3) is 11.5 Å². The molecule has 6 heteroatoms. The van der Waals surface area contributed by atoms with Crippen molar-refractivity contribution in [3.05, 3.63) is 18.3 Å². The summed E-state index contributed by atoms with van der Waals surface area (Å²) in [4.78, 5) is 15.9. The van der Waals surface area contributed by atoms with Gasteiger partial charge in [-0.3, -0.25) is 0 Å². The maximum Gasteiger partial charge on any atom is 0.321 e. The van der Waals surface area contributed by atoms with Crippen molar-refractivity contribution in [1.29, 1.82) is 0 Å². The SMILES string of the molecule is CCCOc1nc(NCC)nc(-c2ccc[nH]2)n1. The molecule has 0 atom stereocenters. The van der Waals surface area contributed by atoms with E-state index in [-0.39, 0.29) is 0 Å². The molecule has 0 saturated heterocycles. The van der Waals surface area contributed by atoms with Gasteiger partial charge in [-0.2, -0.15) is 15.0 Å². The summed E-state index contributed by atoms with van der Waals surface area (Å²) >= 11 is 0. The third-order valence-corrected chi connectivity index (χ3v) is 2.22. The monoisotopic (exact) mass is 247 g/mol. The first-order valence-corrected chi connectivity index (χ1v) is 6.10. The lowest BCUT2D eigenvalue weighted by atomic mass is 10.4. The van der Waals surface area contributed by atoms with E-state index in [0.717, 1.165) is 18.7 Å². The summed E-state index contributed by atoms with van der Waals surface area (Å²) in [5.41, 5.74) is 0.845. The van der Waals surface area contributed by atoms with Crippen LogP contribution in [0.4, 0.5) is 5.95 Å². The van der Waals surface area contributed by atoms with Gasteiger partial charge in [-0.25, -0.2) is 0 Å². The van der Waals surface area contributed by atoms with Crippen LogP contribution < -0.4 is 10.1 Å². The number of aromatic nitrogens is 4. The van der Waals surface area contributed by atoms with E-state index in [0.29, 0.717) is 24.4 Å². The fraction of sp³-hybridized carbons (Fsp3) is 0.417. The molecule has 0 aliphatic heterocycles. The topological polar surface area (TPSA) is 75.7 Å². The van der Waals surface area contributed by atoms with Crippen LogP contribution in [0.2, 0.25) is 0 Å². The van der Waals surface area contributed by atoms with Crippen molar-refractivity contribution in [2.75, 3.05) is 18.5 Å². The smallest absolute Gasteiger partial charge is 0.321 e. The molecular weight excluding hydrogens is 230 g/mol. The predicted octanol–water partition coefficient (Wildman–Crippen LogP) is 2.09.